The summed E-state index contributed by atoms with van der Waals surface area (Å²) >= 11 is 1.30. The third-order valence-corrected chi connectivity index (χ3v) is 10.3. The standard InChI is InChI=1S/C33H34N4O8S/c1-4-37(5-2)16-8-6-15(7-9-16)20-13-46-32(36-20)35-19-11-10-17-14(3)22-25(28(41)23(17)27(19)40)30(43)33(45)18(26(22)39)12-21(38)24(29(33)42)31(34)44/h6-11,13-14,18,22,26,39-42,45H,4-5,12H2,1-3H3,(H2,34,44)(H,35,36)/t14-,18+,22+,26+,33+/m0/s1. The molecule has 1 fully saturated rings. The van der Waals surface area contributed by atoms with Crippen LogP contribution in [0.5, 0.6) is 5.75 Å². The van der Waals surface area contributed by atoms with Gasteiger partial charge >= 0.3 is 0 Å². The number of ketones is 2. The Morgan fingerprint density at radius 1 is 1.11 bits per heavy atom. The third-order valence-electron chi connectivity index (χ3n) is 9.54. The molecule has 0 aliphatic heterocycles. The van der Waals surface area contributed by atoms with Crippen molar-refractivity contribution in [1.82, 2.24) is 4.98 Å². The van der Waals surface area contributed by atoms with Crippen LogP contribution in [0.4, 0.5) is 16.5 Å². The number of anilines is 3. The molecule has 0 unspecified atom stereocenters. The van der Waals surface area contributed by atoms with Gasteiger partial charge in [0.15, 0.2) is 16.5 Å². The number of carbonyl (C=O) groups excluding carboxylic acids is 3. The predicted octanol–water partition coefficient (Wildman–Crippen LogP) is 3.67. The third kappa shape index (κ3) is 4.49. The lowest BCUT2D eigenvalue weighted by Crippen LogP contribution is -2.63. The summed E-state index contributed by atoms with van der Waals surface area (Å²) in [6.07, 6.45) is -2.21. The summed E-state index contributed by atoms with van der Waals surface area (Å²) < 4.78 is 0. The molecule has 46 heavy (non-hydrogen) atoms. The molecule has 5 atom stereocenters. The molecule has 3 aliphatic rings. The van der Waals surface area contributed by atoms with Crippen molar-refractivity contribution in [3.05, 3.63) is 69.8 Å². The first-order valence-electron chi connectivity index (χ1n) is 14.9. The molecule has 1 saturated carbocycles. The van der Waals surface area contributed by atoms with Gasteiger partial charge in [0, 0.05) is 53.6 Å². The van der Waals surface area contributed by atoms with E-state index in [4.69, 9.17) is 5.73 Å². The molecule has 8 N–H and O–H groups in total. The van der Waals surface area contributed by atoms with Crippen LogP contribution in [0.25, 0.3) is 17.0 Å². The molecule has 3 aromatic rings. The number of phenols is 1. The second-order valence-electron chi connectivity index (χ2n) is 11.8. The van der Waals surface area contributed by atoms with Crippen LogP contribution in [-0.2, 0) is 14.4 Å². The maximum Gasteiger partial charge on any atom is 0.255 e. The van der Waals surface area contributed by atoms with E-state index in [1.54, 1.807) is 19.1 Å². The van der Waals surface area contributed by atoms with Gasteiger partial charge in [-0.05, 0) is 43.5 Å². The van der Waals surface area contributed by atoms with E-state index in [0.29, 0.717) is 10.7 Å². The summed E-state index contributed by atoms with van der Waals surface area (Å²) in [5.74, 6) is -9.07. The van der Waals surface area contributed by atoms with Crippen LogP contribution in [0, 0.1) is 11.8 Å². The first kappa shape index (κ1) is 31.3. The number of amides is 1. The van der Waals surface area contributed by atoms with E-state index < -0.39 is 81.8 Å². The number of nitrogens with zero attached hydrogens (tertiary/aromatic N) is 2. The van der Waals surface area contributed by atoms with Crippen molar-refractivity contribution in [2.75, 3.05) is 23.3 Å². The average Bonchev–Trinajstić information content (AvgIpc) is 3.49. The van der Waals surface area contributed by atoms with Gasteiger partial charge in [-0.15, -0.1) is 11.3 Å². The molecule has 1 amide bonds. The molecule has 2 aromatic carbocycles. The van der Waals surface area contributed by atoms with Crippen LogP contribution in [0.3, 0.4) is 0 Å². The van der Waals surface area contributed by atoms with Gasteiger partial charge < -0.3 is 41.5 Å². The summed E-state index contributed by atoms with van der Waals surface area (Å²) in [7, 11) is 0. The predicted molar refractivity (Wildman–Crippen MR) is 172 cm³/mol. The van der Waals surface area contributed by atoms with Gasteiger partial charge in [-0.3, -0.25) is 14.4 Å². The summed E-state index contributed by atoms with van der Waals surface area (Å²) in [6, 6.07) is 11.3. The summed E-state index contributed by atoms with van der Waals surface area (Å²) in [4.78, 5) is 45.3. The number of Topliss-reactive ketones (excluding diaryl/α,β-unsaturated/α-hetero) is 2. The number of thiazole rings is 1. The number of hydrogen-bond donors (Lipinski definition) is 7. The summed E-state index contributed by atoms with van der Waals surface area (Å²) in [6.45, 7) is 7.65. The Kier molecular flexibility index (Phi) is 7.66. The van der Waals surface area contributed by atoms with Crippen LogP contribution in [0.15, 0.2) is 58.7 Å². The fourth-order valence-electron chi connectivity index (χ4n) is 7.11. The SMILES string of the molecule is CCN(CC)c1ccc(-c2csc(Nc3ccc4c(c3O)C(O)=C3C(=O)[C@]5(O)C(O)=C(C(N)=O)C(=O)C[C@@H]5[C@@H](O)[C@@H]3[C@H]4C)n2)cc1. The molecule has 3 aliphatic carbocycles. The van der Waals surface area contributed by atoms with Crippen LogP contribution in [-0.4, -0.2) is 72.8 Å². The molecule has 0 saturated heterocycles. The number of aliphatic hydroxyl groups is 4. The van der Waals surface area contributed by atoms with Crippen LogP contribution in [0.2, 0.25) is 0 Å². The highest BCUT2D eigenvalue weighted by molar-refractivity contribution is 7.14. The number of aromatic hydroxyl groups is 1. The van der Waals surface area contributed by atoms with Gasteiger partial charge in [-0.1, -0.05) is 25.1 Å². The highest BCUT2D eigenvalue weighted by Gasteiger charge is 2.64. The lowest BCUT2D eigenvalue weighted by molar-refractivity contribution is -0.160. The van der Waals surface area contributed by atoms with Crippen molar-refractivity contribution in [1.29, 1.82) is 0 Å². The number of nitrogens with one attached hydrogen (secondary N) is 1. The number of hydrogen-bond acceptors (Lipinski definition) is 12. The molecule has 240 valence electrons. The van der Waals surface area contributed by atoms with Gasteiger partial charge in [0.05, 0.1) is 23.0 Å². The van der Waals surface area contributed by atoms with E-state index in [0.717, 1.165) is 30.0 Å². The fraction of sp³-hybridized carbons (Fsp3) is 0.333. The van der Waals surface area contributed by atoms with Crippen molar-refractivity contribution in [3.63, 3.8) is 0 Å². The van der Waals surface area contributed by atoms with Crippen molar-refractivity contribution >= 4 is 51.1 Å². The largest absolute Gasteiger partial charge is 0.508 e. The van der Waals surface area contributed by atoms with Crippen LogP contribution < -0.4 is 16.0 Å². The molecule has 0 spiro atoms. The topological polar surface area (TPSA) is 207 Å². The number of aromatic nitrogens is 1. The van der Waals surface area contributed by atoms with E-state index in [1.807, 2.05) is 29.6 Å². The molecule has 12 nitrogen and oxygen atoms in total. The first-order valence-corrected chi connectivity index (χ1v) is 15.8. The van der Waals surface area contributed by atoms with Crippen molar-refractivity contribution < 1.29 is 39.9 Å². The van der Waals surface area contributed by atoms with E-state index in [-0.39, 0.29) is 11.3 Å². The van der Waals surface area contributed by atoms with Gasteiger partial charge in [0.2, 0.25) is 5.78 Å². The smallest absolute Gasteiger partial charge is 0.255 e. The molecule has 6 rings (SSSR count). The normalized spacial score (nSPS) is 25.6. The van der Waals surface area contributed by atoms with Crippen LogP contribution >= 0.6 is 11.3 Å². The van der Waals surface area contributed by atoms with Gasteiger partial charge in [-0.25, -0.2) is 4.98 Å². The Bertz CT molecular complexity index is 1840. The number of rotatable bonds is 7. The maximum atomic E-state index is 13.9. The van der Waals surface area contributed by atoms with E-state index >= 15 is 0 Å². The van der Waals surface area contributed by atoms with E-state index in [2.05, 4.69) is 29.0 Å². The number of phenolic OH excluding ortho intramolecular Hbond substituents is 1. The Labute approximate surface area is 268 Å². The van der Waals surface area contributed by atoms with Gasteiger partial charge in [-0.2, -0.15) is 0 Å². The summed E-state index contributed by atoms with van der Waals surface area (Å²) in [5.41, 5.74) is 4.22. The number of primary amides is 1. The monoisotopic (exact) mass is 646 g/mol. The Morgan fingerprint density at radius 2 is 1.78 bits per heavy atom. The Balaban J connectivity index is 1.36. The zero-order chi connectivity index (χ0) is 33.2. The van der Waals surface area contributed by atoms with Crippen LogP contribution in [0.1, 0.15) is 44.2 Å². The first-order chi connectivity index (χ1) is 21.8. The van der Waals surface area contributed by atoms with Crippen molar-refractivity contribution in [2.24, 2.45) is 17.6 Å². The second-order valence-corrected chi connectivity index (χ2v) is 12.7. The van der Waals surface area contributed by atoms with E-state index in [9.17, 15) is 39.9 Å². The van der Waals surface area contributed by atoms with Gasteiger partial charge in [0.1, 0.15) is 22.8 Å². The molecule has 0 radical (unpaired) electrons. The number of aliphatic hydroxyl groups excluding tert-OH is 3. The lowest BCUT2D eigenvalue weighted by Gasteiger charge is -2.50. The molecular formula is C33H34N4O8S. The van der Waals surface area contributed by atoms with Gasteiger partial charge in [0.25, 0.3) is 5.91 Å². The number of fused-ring (bicyclic) bond motifs is 3. The summed E-state index contributed by atoms with van der Waals surface area (Å²) in [5, 5.41) is 62.0. The average molecular weight is 647 g/mol. The van der Waals surface area contributed by atoms with Crippen molar-refractivity contribution in [3.8, 4) is 17.0 Å². The van der Waals surface area contributed by atoms with E-state index in [1.165, 1.54) is 11.3 Å². The minimum atomic E-state index is -2.89. The quantitative estimate of drug-likeness (QED) is 0.146. The highest BCUT2D eigenvalue weighted by atomic mass is 32.1. The molecule has 13 heteroatoms. The molecule has 0 bridgehead atoms. The minimum absolute atomic E-state index is 0.0967. The number of carbonyl (C=O) groups is 3. The Hall–Kier alpha value is -4.72. The minimum Gasteiger partial charge on any atom is -0.508 e. The molecular weight excluding hydrogens is 612 g/mol. The maximum absolute atomic E-state index is 13.9. The second kappa shape index (κ2) is 11.3. The number of nitrogens with two attached hydrogens (primary N) is 1. The molecule has 1 aromatic heterocycles. The lowest BCUT2D eigenvalue weighted by atomic mass is 9.55. The highest BCUT2D eigenvalue weighted by Crippen LogP contribution is 2.56. The van der Waals surface area contributed by atoms with Crippen molar-refractivity contribution in [2.45, 2.75) is 44.8 Å². The zero-order valence-corrected chi connectivity index (χ0v) is 26.1. The Morgan fingerprint density at radius 3 is 2.41 bits per heavy atom. The molecule has 1 heterocycles. The number of benzene rings is 2. The zero-order valence-electron chi connectivity index (χ0n) is 25.3. The fourth-order valence-corrected chi connectivity index (χ4v) is 7.84.